The highest BCUT2D eigenvalue weighted by Gasteiger charge is 2.15. The second kappa shape index (κ2) is 5.38. The zero-order chi connectivity index (χ0) is 15.7. The molecule has 3 aromatic rings. The second-order valence-electron chi connectivity index (χ2n) is 5.02. The molecule has 0 fully saturated rings. The highest BCUT2D eigenvalue weighted by Crippen LogP contribution is 2.24. The van der Waals surface area contributed by atoms with E-state index >= 15 is 0 Å². The highest BCUT2D eigenvalue weighted by molar-refractivity contribution is 7.92. The van der Waals surface area contributed by atoms with Gasteiger partial charge >= 0.3 is 0 Å². The van der Waals surface area contributed by atoms with Crippen LogP contribution in [0, 0.1) is 6.92 Å². The third-order valence-electron chi connectivity index (χ3n) is 3.48. The average Bonchev–Trinajstić information content (AvgIpc) is 2.94. The van der Waals surface area contributed by atoms with Gasteiger partial charge in [-0.15, -0.1) is 0 Å². The van der Waals surface area contributed by atoms with Crippen LogP contribution in [0.4, 0.5) is 5.69 Å². The predicted molar refractivity (Wildman–Crippen MR) is 86.8 cm³/mol. The molecule has 0 saturated heterocycles. The molecule has 6 heteroatoms. The maximum atomic E-state index is 12.5. The van der Waals surface area contributed by atoms with Crippen molar-refractivity contribution in [2.24, 2.45) is 0 Å². The van der Waals surface area contributed by atoms with Crippen LogP contribution in [-0.2, 0) is 10.0 Å². The first-order valence-electron chi connectivity index (χ1n) is 6.74. The monoisotopic (exact) mass is 316 g/mol. The van der Waals surface area contributed by atoms with E-state index in [2.05, 4.69) is 9.71 Å². The minimum atomic E-state index is -3.63. The maximum Gasteiger partial charge on any atom is 0.261 e. The summed E-state index contributed by atoms with van der Waals surface area (Å²) in [5, 5.41) is 1.03. The van der Waals surface area contributed by atoms with Crippen LogP contribution in [0.5, 0.6) is 5.75 Å². The zero-order valence-electron chi connectivity index (χ0n) is 12.3. The van der Waals surface area contributed by atoms with Crippen molar-refractivity contribution >= 4 is 26.6 Å². The number of fused-ring (bicyclic) bond motifs is 1. The van der Waals surface area contributed by atoms with E-state index in [4.69, 9.17) is 4.74 Å². The van der Waals surface area contributed by atoms with Crippen LogP contribution in [0.3, 0.4) is 0 Å². The second-order valence-corrected chi connectivity index (χ2v) is 6.70. The van der Waals surface area contributed by atoms with Gasteiger partial charge in [0, 0.05) is 11.7 Å². The predicted octanol–water partition coefficient (Wildman–Crippen LogP) is 3.29. The SMILES string of the molecule is COc1ccc(S(=O)(=O)Nc2ccc3cc[nH]c3c2)cc1C. The lowest BCUT2D eigenvalue weighted by Crippen LogP contribution is -2.13. The molecule has 2 N–H and O–H groups in total. The number of ether oxygens (including phenoxy) is 1. The Kier molecular flexibility index (Phi) is 3.54. The molecule has 0 bridgehead atoms. The third kappa shape index (κ3) is 2.65. The number of anilines is 1. The van der Waals surface area contributed by atoms with Gasteiger partial charge < -0.3 is 9.72 Å². The normalized spacial score (nSPS) is 11.5. The Labute approximate surface area is 129 Å². The van der Waals surface area contributed by atoms with Crippen molar-refractivity contribution in [2.45, 2.75) is 11.8 Å². The number of H-pyrrole nitrogens is 1. The average molecular weight is 316 g/mol. The van der Waals surface area contributed by atoms with E-state index < -0.39 is 10.0 Å². The maximum absolute atomic E-state index is 12.5. The Bertz CT molecular complexity index is 929. The number of aromatic amines is 1. The van der Waals surface area contributed by atoms with Gasteiger partial charge in [-0.1, -0.05) is 6.07 Å². The fourth-order valence-electron chi connectivity index (χ4n) is 2.34. The van der Waals surface area contributed by atoms with Gasteiger partial charge in [0.05, 0.1) is 17.7 Å². The summed E-state index contributed by atoms with van der Waals surface area (Å²) in [6, 6.07) is 12.1. The van der Waals surface area contributed by atoms with E-state index in [0.29, 0.717) is 11.4 Å². The van der Waals surface area contributed by atoms with Crippen LogP contribution in [0.1, 0.15) is 5.56 Å². The molecule has 3 rings (SSSR count). The molecular weight excluding hydrogens is 300 g/mol. The molecule has 2 aromatic carbocycles. The summed E-state index contributed by atoms with van der Waals surface area (Å²) >= 11 is 0. The van der Waals surface area contributed by atoms with Crippen molar-refractivity contribution in [3.05, 3.63) is 54.2 Å². The topological polar surface area (TPSA) is 71.2 Å². The first kappa shape index (κ1) is 14.5. The lowest BCUT2D eigenvalue weighted by Gasteiger charge is -2.10. The van der Waals surface area contributed by atoms with Crippen LogP contribution < -0.4 is 9.46 Å². The molecule has 0 spiro atoms. The Hall–Kier alpha value is -2.47. The highest BCUT2D eigenvalue weighted by atomic mass is 32.2. The molecule has 0 atom stereocenters. The smallest absolute Gasteiger partial charge is 0.261 e. The van der Waals surface area contributed by atoms with Gasteiger partial charge in [0.1, 0.15) is 5.75 Å². The third-order valence-corrected chi connectivity index (χ3v) is 4.86. The minimum absolute atomic E-state index is 0.206. The summed E-state index contributed by atoms with van der Waals surface area (Å²) in [5.74, 6) is 0.659. The Balaban J connectivity index is 1.93. The molecule has 0 aliphatic rings. The molecule has 0 aliphatic carbocycles. The number of hydrogen-bond acceptors (Lipinski definition) is 3. The van der Waals surface area contributed by atoms with Gasteiger partial charge in [0.2, 0.25) is 0 Å². The fraction of sp³-hybridized carbons (Fsp3) is 0.125. The first-order valence-corrected chi connectivity index (χ1v) is 8.22. The van der Waals surface area contributed by atoms with E-state index in [0.717, 1.165) is 16.5 Å². The van der Waals surface area contributed by atoms with Crippen molar-refractivity contribution in [2.75, 3.05) is 11.8 Å². The minimum Gasteiger partial charge on any atom is -0.496 e. The van der Waals surface area contributed by atoms with Gasteiger partial charge in [0.15, 0.2) is 0 Å². The van der Waals surface area contributed by atoms with Crippen LogP contribution in [0.2, 0.25) is 0 Å². The Morgan fingerprint density at radius 2 is 1.91 bits per heavy atom. The number of aromatic nitrogens is 1. The fourth-order valence-corrected chi connectivity index (χ4v) is 3.48. The van der Waals surface area contributed by atoms with Crippen LogP contribution in [0.15, 0.2) is 53.6 Å². The molecule has 0 saturated carbocycles. The van der Waals surface area contributed by atoms with E-state index in [1.54, 1.807) is 31.4 Å². The van der Waals surface area contributed by atoms with E-state index in [1.165, 1.54) is 6.07 Å². The summed E-state index contributed by atoms with van der Waals surface area (Å²) in [6.45, 7) is 1.81. The lowest BCUT2D eigenvalue weighted by atomic mass is 10.2. The first-order chi connectivity index (χ1) is 10.5. The molecule has 1 heterocycles. The van der Waals surface area contributed by atoms with Gasteiger partial charge in [-0.3, -0.25) is 4.72 Å². The van der Waals surface area contributed by atoms with E-state index in [1.807, 2.05) is 25.3 Å². The standard InChI is InChI=1S/C16H16N2O3S/c1-11-9-14(5-6-16(11)21-2)22(19,20)18-13-4-3-12-7-8-17-15(12)10-13/h3-10,17-18H,1-2H3. The van der Waals surface area contributed by atoms with Gasteiger partial charge in [0.25, 0.3) is 10.0 Å². The van der Waals surface area contributed by atoms with Crippen LogP contribution >= 0.6 is 0 Å². The van der Waals surface area contributed by atoms with Crippen molar-refractivity contribution < 1.29 is 13.2 Å². The summed E-state index contributed by atoms with van der Waals surface area (Å²) in [5.41, 5.74) is 2.17. The summed E-state index contributed by atoms with van der Waals surface area (Å²) in [4.78, 5) is 3.26. The number of benzene rings is 2. The van der Waals surface area contributed by atoms with Gasteiger partial charge in [-0.05, 0) is 54.3 Å². The van der Waals surface area contributed by atoms with Crippen molar-refractivity contribution in [1.82, 2.24) is 4.98 Å². The zero-order valence-corrected chi connectivity index (χ0v) is 13.1. The van der Waals surface area contributed by atoms with E-state index in [9.17, 15) is 8.42 Å². The quantitative estimate of drug-likeness (QED) is 0.776. The number of sulfonamides is 1. The Morgan fingerprint density at radius 3 is 2.64 bits per heavy atom. The molecule has 0 radical (unpaired) electrons. The molecule has 0 aliphatic heterocycles. The number of hydrogen-bond donors (Lipinski definition) is 2. The van der Waals surface area contributed by atoms with Crippen molar-refractivity contribution in [3.8, 4) is 5.75 Å². The lowest BCUT2D eigenvalue weighted by molar-refractivity contribution is 0.411. The van der Waals surface area contributed by atoms with Gasteiger partial charge in [-0.2, -0.15) is 0 Å². The van der Waals surface area contributed by atoms with E-state index in [-0.39, 0.29) is 4.90 Å². The molecule has 5 nitrogen and oxygen atoms in total. The largest absolute Gasteiger partial charge is 0.496 e. The molecule has 114 valence electrons. The van der Waals surface area contributed by atoms with Gasteiger partial charge in [-0.25, -0.2) is 8.42 Å². The summed E-state index contributed by atoms with van der Waals surface area (Å²) < 4.78 is 32.7. The van der Waals surface area contributed by atoms with Crippen molar-refractivity contribution in [3.63, 3.8) is 0 Å². The van der Waals surface area contributed by atoms with Crippen molar-refractivity contribution in [1.29, 1.82) is 0 Å². The molecular formula is C16H16N2O3S. The number of methoxy groups -OCH3 is 1. The number of nitrogens with one attached hydrogen (secondary N) is 2. The molecule has 22 heavy (non-hydrogen) atoms. The molecule has 0 amide bonds. The number of aryl methyl sites for hydroxylation is 1. The summed E-state index contributed by atoms with van der Waals surface area (Å²) in [7, 11) is -2.08. The molecule has 1 aromatic heterocycles. The van der Waals surface area contributed by atoms with Crippen LogP contribution in [0.25, 0.3) is 10.9 Å². The summed E-state index contributed by atoms with van der Waals surface area (Å²) in [6.07, 6.45) is 1.82. The van der Waals surface area contributed by atoms with Crippen LogP contribution in [-0.4, -0.2) is 20.5 Å². The Morgan fingerprint density at radius 1 is 1.09 bits per heavy atom. The number of rotatable bonds is 4. The molecule has 0 unspecified atom stereocenters.